The van der Waals surface area contributed by atoms with Crippen LogP contribution in [0, 0.1) is 0 Å². The minimum Gasteiger partial charge on any atom is -0.389 e. The summed E-state index contributed by atoms with van der Waals surface area (Å²) in [6.45, 7) is 1.64. The highest BCUT2D eigenvalue weighted by atomic mass is 79.9. The third-order valence-electron chi connectivity index (χ3n) is 2.60. The van der Waals surface area contributed by atoms with Gasteiger partial charge in [0.1, 0.15) is 4.99 Å². The van der Waals surface area contributed by atoms with Crippen molar-refractivity contribution in [2.45, 2.75) is 13.0 Å². The van der Waals surface area contributed by atoms with Gasteiger partial charge in [0, 0.05) is 35.0 Å². The summed E-state index contributed by atoms with van der Waals surface area (Å²) in [6.07, 6.45) is 4.46. The van der Waals surface area contributed by atoms with E-state index in [1.54, 1.807) is 10.9 Å². The van der Waals surface area contributed by atoms with Crippen molar-refractivity contribution in [1.29, 1.82) is 0 Å². The van der Waals surface area contributed by atoms with E-state index in [4.69, 9.17) is 18.0 Å². The van der Waals surface area contributed by atoms with Crippen LogP contribution in [-0.4, -0.2) is 26.5 Å². The first-order valence-corrected chi connectivity index (χ1v) is 7.04. The number of nitrogens with two attached hydrogens (primary N) is 1. The fourth-order valence-electron chi connectivity index (χ4n) is 1.69. The number of nitrogens with one attached hydrogen (secondary N) is 1. The van der Waals surface area contributed by atoms with Crippen LogP contribution in [0.15, 0.2) is 35.1 Å². The number of aryl methyl sites for hydroxylation is 1. The molecule has 0 aliphatic rings. The molecule has 0 amide bonds. The Hall–Kier alpha value is -1.47. The maximum Gasteiger partial charge on any atom is 0.106 e. The van der Waals surface area contributed by atoms with Gasteiger partial charge in [0.05, 0.1) is 6.20 Å². The maximum absolute atomic E-state index is 5.71. The van der Waals surface area contributed by atoms with Gasteiger partial charge in [0.2, 0.25) is 0 Å². The van der Waals surface area contributed by atoms with Gasteiger partial charge in [-0.1, -0.05) is 33.4 Å². The van der Waals surface area contributed by atoms with Crippen molar-refractivity contribution in [2.24, 2.45) is 5.73 Å². The van der Waals surface area contributed by atoms with Crippen LogP contribution in [0.4, 0.5) is 5.69 Å². The molecule has 1 aromatic carbocycles. The molecule has 1 heterocycles. The standard InChI is InChI=1S/C12H14BrN5S/c13-9-2-3-11(10(8-9)12(14)19)15-4-1-6-18-7-5-16-17-18/h2-3,5,7-8,15H,1,4,6H2,(H2,14,19). The summed E-state index contributed by atoms with van der Waals surface area (Å²) in [6, 6.07) is 5.84. The van der Waals surface area contributed by atoms with Gasteiger partial charge in [-0.05, 0) is 24.6 Å². The molecule has 0 saturated carbocycles. The fourth-order valence-corrected chi connectivity index (χ4v) is 2.22. The molecule has 2 rings (SSSR count). The van der Waals surface area contributed by atoms with E-state index in [9.17, 15) is 0 Å². The number of nitrogens with zero attached hydrogens (tertiary/aromatic N) is 3. The van der Waals surface area contributed by atoms with Crippen LogP contribution in [0.3, 0.4) is 0 Å². The molecule has 1 aromatic heterocycles. The first kappa shape index (κ1) is 14.0. The molecule has 0 saturated heterocycles. The number of benzene rings is 1. The van der Waals surface area contributed by atoms with E-state index in [-0.39, 0.29) is 0 Å². The lowest BCUT2D eigenvalue weighted by molar-refractivity contribution is 0.570. The van der Waals surface area contributed by atoms with Crippen LogP contribution < -0.4 is 11.1 Å². The van der Waals surface area contributed by atoms with E-state index < -0.39 is 0 Å². The van der Waals surface area contributed by atoms with Crippen LogP contribution in [0.1, 0.15) is 12.0 Å². The molecule has 0 aliphatic carbocycles. The highest BCUT2D eigenvalue weighted by Crippen LogP contribution is 2.21. The quantitative estimate of drug-likeness (QED) is 0.623. The number of thiocarbonyl (C=S) groups is 1. The van der Waals surface area contributed by atoms with Crippen LogP contribution in [0.25, 0.3) is 0 Å². The SMILES string of the molecule is NC(=S)c1cc(Br)ccc1NCCCn1ccnn1. The Balaban J connectivity index is 1.90. The van der Waals surface area contributed by atoms with E-state index in [0.717, 1.165) is 35.2 Å². The second kappa shape index (κ2) is 6.63. The third-order valence-corrected chi connectivity index (χ3v) is 3.31. The largest absolute Gasteiger partial charge is 0.389 e. The summed E-state index contributed by atoms with van der Waals surface area (Å²) >= 11 is 8.46. The lowest BCUT2D eigenvalue weighted by Gasteiger charge is -2.11. The van der Waals surface area contributed by atoms with Crippen molar-refractivity contribution in [3.63, 3.8) is 0 Å². The molecule has 5 nitrogen and oxygen atoms in total. The van der Waals surface area contributed by atoms with Gasteiger partial charge in [0.15, 0.2) is 0 Å². The summed E-state index contributed by atoms with van der Waals surface area (Å²) in [5.41, 5.74) is 7.52. The molecule has 100 valence electrons. The van der Waals surface area contributed by atoms with Crippen molar-refractivity contribution in [2.75, 3.05) is 11.9 Å². The van der Waals surface area contributed by atoms with Gasteiger partial charge in [-0.2, -0.15) is 0 Å². The number of rotatable bonds is 6. The van der Waals surface area contributed by atoms with E-state index in [1.165, 1.54) is 0 Å². The predicted octanol–water partition coefficient (Wildman–Crippen LogP) is 2.18. The first-order chi connectivity index (χ1) is 9.16. The van der Waals surface area contributed by atoms with Crippen molar-refractivity contribution in [3.05, 3.63) is 40.6 Å². The Morgan fingerprint density at radius 1 is 1.47 bits per heavy atom. The smallest absolute Gasteiger partial charge is 0.106 e. The van der Waals surface area contributed by atoms with Crippen LogP contribution in [0.2, 0.25) is 0 Å². The molecule has 3 N–H and O–H groups in total. The second-order valence-electron chi connectivity index (χ2n) is 4.00. The Labute approximate surface area is 125 Å². The number of hydrogen-bond acceptors (Lipinski definition) is 4. The third kappa shape index (κ3) is 4.00. The van der Waals surface area contributed by atoms with Crippen molar-refractivity contribution >= 4 is 38.8 Å². The summed E-state index contributed by atoms with van der Waals surface area (Å²) in [5.74, 6) is 0. The van der Waals surface area contributed by atoms with E-state index >= 15 is 0 Å². The van der Waals surface area contributed by atoms with Crippen molar-refractivity contribution in [3.8, 4) is 0 Å². The highest BCUT2D eigenvalue weighted by molar-refractivity contribution is 9.10. The van der Waals surface area contributed by atoms with Gasteiger partial charge in [0.25, 0.3) is 0 Å². The molecule has 0 aliphatic heterocycles. The lowest BCUT2D eigenvalue weighted by atomic mass is 10.1. The van der Waals surface area contributed by atoms with Gasteiger partial charge < -0.3 is 11.1 Å². The van der Waals surface area contributed by atoms with Gasteiger partial charge in [-0.3, -0.25) is 4.68 Å². The van der Waals surface area contributed by atoms with Gasteiger partial charge >= 0.3 is 0 Å². The molecule has 0 radical (unpaired) electrons. The Bertz CT molecular complexity index is 555. The molecule has 0 atom stereocenters. The molecular formula is C12H14BrN5S. The molecule has 0 bridgehead atoms. The average Bonchev–Trinajstić information content (AvgIpc) is 2.89. The molecule has 2 aromatic rings. The van der Waals surface area contributed by atoms with Crippen LogP contribution >= 0.6 is 28.1 Å². The molecule has 0 spiro atoms. The highest BCUT2D eigenvalue weighted by Gasteiger charge is 2.05. The zero-order chi connectivity index (χ0) is 13.7. The molecule has 0 fully saturated rings. The summed E-state index contributed by atoms with van der Waals surface area (Å²) in [4.78, 5) is 0.389. The van der Waals surface area contributed by atoms with Crippen molar-refractivity contribution < 1.29 is 0 Å². The number of aromatic nitrogens is 3. The van der Waals surface area contributed by atoms with Gasteiger partial charge in [-0.15, -0.1) is 5.10 Å². The molecule has 7 heteroatoms. The van der Waals surface area contributed by atoms with E-state index in [0.29, 0.717) is 4.99 Å². The Morgan fingerprint density at radius 3 is 3.00 bits per heavy atom. The minimum atomic E-state index is 0.389. The number of halogens is 1. The first-order valence-electron chi connectivity index (χ1n) is 5.84. The second-order valence-corrected chi connectivity index (χ2v) is 5.36. The topological polar surface area (TPSA) is 68.8 Å². The van der Waals surface area contributed by atoms with E-state index in [1.807, 2.05) is 24.4 Å². The molecule has 19 heavy (non-hydrogen) atoms. The Morgan fingerprint density at radius 2 is 2.32 bits per heavy atom. The molecular weight excluding hydrogens is 326 g/mol. The maximum atomic E-state index is 5.71. The molecule has 0 unspecified atom stereocenters. The van der Waals surface area contributed by atoms with Gasteiger partial charge in [-0.25, -0.2) is 0 Å². The Kier molecular flexibility index (Phi) is 4.86. The summed E-state index contributed by atoms with van der Waals surface area (Å²) in [7, 11) is 0. The van der Waals surface area contributed by atoms with Crippen LogP contribution in [-0.2, 0) is 6.54 Å². The summed E-state index contributed by atoms with van der Waals surface area (Å²) in [5, 5.41) is 11.0. The lowest BCUT2D eigenvalue weighted by Crippen LogP contribution is -2.14. The normalized spacial score (nSPS) is 10.4. The summed E-state index contributed by atoms with van der Waals surface area (Å²) < 4.78 is 2.76. The van der Waals surface area contributed by atoms with Crippen LogP contribution in [0.5, 0.6) is 0 Å². The minimum absolute atomic E-state index is 0.389. The average molecular weight is 340 g/mol. The predicted molar refractivity (Wildman–Crippen MR) is 83.2 cm³/mol. The zero-order valence-corrected chi connectivity index (χ0v) is 12.6. The van der Waals surface area contributed by atoms with Crippen molar-refractivity contribution in [1.82, 2.24) is 15.0 Å². The number of hydrogen-bond donors (Lipinski definition) is 2. The monoisotopic (exact) mass is 339 g/mol. The van der Waals surface area contributed by atoms with E-state index in [2.05, 4.69) is 31.6 Å². The zero-order valence-electron chi connectivity index (χ0n) is 10.2. The number of anilines is 1. The fraction of sp³-hybridized carbons (Fsp3) is 0.250.